The average Bonchev–Trinajstić information content (AvgIpc) is 2.88. The highest BCUT2D eigenvalue weighted by Crippen LogP contribution is 2.35. The highest BCUT2D eigenvalue weighted by Gasteiger charge is 2.18. The van der Waals surface area contributed by atoms with Crippen LogP contribution in [0.2, 0.25) is 5.02 Å². The number of nitrogens with one attached hydrogen (secondary N) is 1. The number of halogens is 1. The summed E-state index contributed by atoms with van der Waals surface area (Å²) in [5, 5.41) is 0.303. The molecule has 2 aromatic carbocycles. The third-order valence-electron chi connectivity index (χ3n) is 2.90. The molecule has 21 heavy (non-hydrogen) atoms. The van der Waals surface area contributed by atoms with Gasteiger partial charge in [-0.25, -0.2) is 8.42 Å². The fourth-order valence-corrected chi connectivity index (χ4v) is 3.07. The predicted molar refractivity (Wildman–Crippen MR) is 79.2 cm³/mol. The van der Waals surface area contributed by atoms with Crippen molar-refractivity contribution in [3.63, 3.8) is 0 Å². The third kappa shape index (κ3) is 2.70. The van der Waals surface area contributed by atoms with E-state index in [1.807, 2.05) is 0 Å². The van der Waals surface area contributed by atoms with E-state index < -0.39 is 10.0 Å². The molecule has 0 saturated carbocycles. The van der Waals surface area contributed by atoms with Gasteiger partial charge in [-0.2, -0.15) is 0 Å². The van der Waals surface area contributed by atoms with Crippen LogP contribution in [-0.2, 0) is 10.0 Å². The van der Waals surface area contributed by atoms with E-state index in [-0.39, 0.29) is 17.4 Å². The van der Waals surface area contributed by atoms with Crippen LogP contribution in [0.25, 0.3) is 0 Å². The van der Waals surface area contributed by atoms with Crippen LogP contribution in [0.3, 0.4) is 0 Å². The maximum Gasteiger partial charge on any atom is 0.261 e. The van der Waals surface area contributed by atoms with Crippen molar-refractivity contribution >= 4 is 33.0 Å². The SMILES string of the molecule is Nc1cc(S(=O)(=O)Nc2ccc3c(c2)OCO3)ccc1Cl. The molecular weight excluding hydrogens is 316 g/mol. The summed E-state index contributed by atoms with van der Waals surface area (Å²) in [5.41, 5.74) is 6.19. The molecule has 0 unspecified atom stereocenters. The molecule has 0 atom stereocenters. The second kappa shape index (κ2) is 5.01. The van der Waals surface area contributed by atoms with Gasteiger partial charge in [0, 0.05) is 6.07 Å². The van der Waals surface area contributed by atoms with Gasteiger partial charge in [-0.05, 0) is 30.3 Å². The van der Waals surface area contributed by atoms with Crippen LogP contribution >= 0.6 is 11.6 Å². The number of ether oxygens (including phenoxy) is 2. The van der Waals surface area contributed by atoms with Crippen molar-refractivity contribution in [3.8, 4) is 11.5 Å². The number of hydrogen-bond donors (Lipinski definition) is 2. The molecule has 8 heteroatoms. The Hall–Kier alpha value is -2.12. The van der Waals surface area contributed by atoms with E-state index >= 15 is 0 Å². The molecule has 3 N–H and O–H groups in total. The molecule has 3 rings (SSSR count). The Balaban J connectivity index is 1.90. The van der Waals surface area contributed by atoms with Crippen molar-refractivity contribution in [2.24, 2.45) is 0 Å². The molecule has 0 aliphatic carbocycles. The van der Waals surface area contributed by atoms with Gasteiger partial charge in [-0.3, -0.25) is 4.72 Å². The van der Waals surface area contributed by atoms with Crippen molar-refractivity contribution in [3.05, 3.63) is 41.4 Å². The molecule has 110 valence electrons. The van der Waals surface area contributed by atoms with E-state index in [2.05, 4.69) is 4.72 Å². The average molecular weight is 327 g/mol. The zero-order chi connectivity index (χ0) is 15.0. The highest BCUT2D eigenvalue weighted by molar-refractivity contribution is 7.92. The van der Waals surface area contributed by atoms with Gasteiger partial charge in [0.05, 0.1) is 21.3 Å². The summed E-state index contributed by atoms with van der Waals surface area (Å²) in [6, 6.07) is 8.90. The predicted octanol–water partition coefficient (Wildman–Crippen LogP) is 2.45. The van der Waals surface area contributed by atoms with Gasteiger partial charge >= 0.3 is 0 Å². The molecule has 0 radical (unpaired) electrons. The molecule has 0 amide bonds. The van der Waals surface area contributed by atoms with Crippen molar-refractivity contribution in [1.29, 1.82) is 0 Å². The van der Waals surface area contributed by atoms with E-state index in [1.54, 1.807) is 18.2 Å². The molecule has 0 spiro atoms. The third-order valence-corrected chi connectivity index (χ3v) is 4.63. The van der Waals surface area contributed by atoms with Gasteiger partial charge in [0.2, 0.25) is 6.79 Å². The van der Waals surface area contributed by atoms with Crippen LogP contribution < -0.4 is 19.9 Å². The number of fused-ring (bicyclic) bond motifs is 1. The molecule has 6 nitrogen and oxygen atoms in total. The molecule has 2 aromatic rings. The monoisotopic (exact) mass is 326 g/mol. The fourth-order valence-electron chi connectivity index (χ4n) is 1.86. The number of hydrogen-bond acceptors (Lipinski definition) is 5. The zero-order valence-electron chi connectivity index (χ0n) is 10.7. The number of nitrogen functional groups attached to an aromatic ring is 1. The summed E-state index contributed by atoms with van der Waals surface area (Å²) in [6.45, 7) is 0.124. The van der Waals surface area contributed by atoms with Crippen LogP contribution in [0.4, 0.5) is 11.4 Å². The van der Waals surface area contributed by atoms with E-state index in [0.29, 0.717) is 22.2 Å². The first kappa shape index (κ1) is 13.8. The van der Waals surface area contributed by atoms with Gasteiger partial charge in [-0.15, -0.1) is 0 Å². The molecule has 0 saturated heterocycles. The van der Waals surface area contributed by atoms with E-state index in [0.717, 1.165) is 0 Å². The van der Waals surface area contributed by atoms with Crippen LogP contribution in [0.1, 0.15) is 0 Å². The molecule has 1 aliphatic rings. The molecule has 0 fully saturated rings. The molecular formula is C13H11ClN2O4S. The Morgan fingerprint density at radius 3 is 2.62 bits per heavy atom. The normalized spacial score (nSPS) is 13.2. The summed E-state index contributed by atoms with van der Waals surface area (Å²) in [6.07, 6.45) is 0. The van der Waals surface area contributed by atoms with Crippen molar-refractivity contribution in [2.75, 3.05) is 17.2 Å². The maximum atomic E-state index is 12.3. The number of sulfonamides is 1. The summed E-state index contributed by atoms with van der Waals surface area (Å²) in [7, 11) is -3.76. The largest absolute Gasteiger partial charge is 0.454 e. The Labute approximate surface area is 126 Å². The number of benzene rings is 2. The summed E-state index contributed by atoms with van der Waals surface area (Å²) in [5.74, 6) is 1.07. The van der Waals surface area contributed by atoms with Gasteiger partial charge in [0.25, 0.3) is 10.0 Å². The number of rotatable bonds is 3. The standard InChI is InChI=1S/C13H11ClN2O4S/c14-10-3-2-9(6-11(10)15)21(17,18)16-8-1-4-12-13(5-8)20-7-19-12/h1-6,16H,7,15H2. The summed E-state index contributed by atoms with van der Waals surface area (Å²) < 4.78 is 37.4. The lowest BCUT2D eigenvalue weighted by Gasteiger charge is -2.09. The Morgan fingerprint density at radius 2 is 1.86 bits per heavy atom. The molecule has 0 aromatic heterocycles. The molecule has 1 heterocycles. The van der Waals surface area contributed by atoms with Gasteiger partial charge in [0.1, 0.15) is 0 Å². The van der Waals surface area contributed by atoms with E-state index in [4.69, 9.17) is 26.8 Å². The van der Waals surface area contributed by atoms with Gasteiger partial charge < -0.3 is 15.2 Å². The smallest absolute Gasteiger partial charge is 0.261 e. The zero-order valence-corrected chi connectivity index (χ0v) is 12.2. The topological polar surface area (TPSA) is 90.7 Å². The van der Waals surface area contributed by atoms with Crippen molar-refractivity contribution in [2.45, 2.75) is 4.90 Å². The van der Waals surface area contributed by atoms with E-state index in [9.17, 15) is 8.42 Å². The minimum Gasteiger partial charge on any atom is -0.454 e. The Kier molecular flexibility index (Phi) is 3.30. The van der Waals surface area contributed by atoms with Crippen molar-refractivity contribution < 1.29 is 17.9 Å². The summed E-state index contributed by atoms with van der Waals surface area (Å²) in [4.78, 5) is 0.0297. The van der Waals surface area contributed by atoms with Gasteiger partial charge in [0.15, 0.2) is 11.5 Å². The summed E-state index contributed by atoms with van der Waals surface area (Å²) >= 11 is 5.78. The molecule has 1 aliphatic heterocycles. The first-order chi connectivity index (χ1) is 9.95. The van der Waals surface area contributed by atoms with Crippen LogP contribution in [0, 0.1) is 0 Å². The first-order valence-corrected chi connectivity index (χ1v) is 7.79. The lowest BCUT2D eigenvalue weighted by Crippen LogP contribution is -2.13. The van der Waals surface area contributed by atoms with E-state index in [1.165, 1.54) is 18.2 Å². The lowest BCUT2D eigenvalue weighted by molar-refractivity contribution is 0.174. The first-order valence-electron chi connectivity index (χ1n) is 5.93. The Morgan fingerprint density at radius 1 is 1.10 bits per heavy atom. The minimum absolute atomic E-state index is 0.0297. The van der Waals surface area contributed by atoms with Crippen LogP contribution in [0.5, 0.6) is 11.5 Å². The molecule has 0 bridgehead atoms. The fraction of sp³-hybridized carbons (Fsp3) is 0.0769. The second-order valence-corrected chi connectivity index (χ2v) is 6.45. The van der Waals surface area contributed by atoms with Crippen LogP contribution in [-0.4, -0.2) is 15.2 Å². The van der Waals surface area contributed by atoms with Crippen LogP contribution in [0.15, 0.2) is 41.3 Å². The Bertz CT molecular complexity index is 808. The van der Waals surface area contributed by atoms with Gasteiger partial charge in [-0.1, -0.05) is 11.6 Å². The minimum atomic E-state index is -3.76. The quantitative estimate of drug-likeness (QED) is 0.845. The maximum absolute atomic E-state index is 12.3. The lowest BCUT2D eigenvalue weighted by atomic mass is 10.3. The second-order valence-electron chi connectivity index (χ2n) is 4.36. The number of anilines is 2. The highest BCUT2D eigenvalue weighted by atomic mass is 35.5. The number of nitrogens with two attached hydrogens (primary N) is 1. The van der Waals surface area contributed by atoms with Crippen molar-refractivity contribution in [1.82, 2.24) is 0 Å².